The van der Waals surface area contributed by atoms with Gasteiger partial charge in [-0.3, -0.25) is 4.90 Å². The summed E-state index contributed by atoms with van der Waals surface area (Å²) in [5.74, 6) is 12.5. The van der Waals surface area contributed by atoms with Crippen molar-refractivity contribution in [2.75, 3.05) is 20.1 Å². The third-order valence-electron chi connectivity index (χ3n) is 1.55. The Labute approximate surface area is 68.8 Å². The smallest absolute Gasteiger partial charge is 0.0607 e. The summed E-state index contributed by atoms with van der Waals surface area (Å²) in [6.07, 6.45) is 3.13. The second-order valence-electron chi connectivity index (χ2n) is 2.73. The van der Waals surface area contributed by atoms with Crippen molar-refractivity contribution < 1.29 is 0 Å². The largest absolute Gasteiger partial charge is 0.284 e. The van der Waals surface area contributed by atoms with E-state index in [1.165, 1.54) is 0 Å². The van der Waals surface area contributed by atoms with E-state index in [-0.39, 0.29) is 0 Å². The van der Waals surface area contributed by atoms with Crippen LogP contribution in [0.1, 0.15) is 19.3 Å². The Morgan fingerprint density at radius 3 is 2.00 bits per heavy atom. The molecule has 0 atom stereocenters. The zero-order valence-electron chi connectivity index (χ0n) is 6.98. The van der Waals surface area contributed by atoms with E-state index >= 15 is 0 Å². The number of nitrogens with zero attached hydrogens (tertiary/aromatic N) is 1. The minimum Gasteiger partial charge on any atom is -0.284 e. The molecule has 11 heavy (non-hydrogen) atoms. The van der Waals surface area contributed by atoms with E-state index in [4.69, 9.17) is 0 Å². The van der Waals surface area contributed by atoms with E-state index in [0.717, 1.165) is 32.4 Å². The molecule has 0 N–H and O–H groups in total. The maximum Gasteiger partial charge on any atom is 0.0607 e. The molecule has 1 aliphatic rings. The number of hydrogen-bond acceptors (Lipinski definition) is 1. The first kappa shape index (κ1) is 8.18. The number of rotatable bonds is 0. The summed E-state index contributed by atoms with van der Waals surface area (Å²) >= 11 is 0. The highest BCUT2D eigenvalue weighted by molar-refractivity contribution is 5.07. The average Bonchev–Trinajstić information content (AvgIpc) is 2.03. The average molecular weight is 147 g/mol. The first-order valence-corrected chi connectivity index (χ1v) is 3.99. The fourth-order valence-electron chi connectivity index (χ4n) is 0.880. The highest BCUT2D eigenvalue weighted by atomic mass is 15.1. The van der Waals surface area contributed by atoms with Crippen molar-refractivity contribution in [3.05, 3.63) is 0 Å². The molecule has 1 heteroatoms. The van der Waals surface area contributed by atoms with E-state index < -0.39 is 0 Å². The maximum absolute atomic E-state index is 3.13. The molecule has 1 rings (SSSR count). The topological polar surface area (TPSA) is 3.24 Å². The molecule has 0 fully saturated rings. The van der Waals surface area contributed by atoms with Crippen LogP contribution in [-0.4, -0.2) is 25.0 Å². The zero-order chi connectivity index (χ0) is 7.94. The summed E-state index contributed by atoms with van der Waals surface area (Å²) in [5, 5.41) is 0. The Bertz CT molecular complexity index is 197. The molecule has 0 spiro atoms. The highest BCUT2D eigenvalue weighted by Crippen LogP contribution is 1.92. The first-order valence-electron chi connectivity index (χ1n) is 3.99. The monoisotopic (exact) mass is 147 g/mol. The standard InChI is InChI=1S/C10H13N/c1-11-9-7-5-3-2-4-6-8-10-11/h2-4,9-10H2,1H3. The van der Waals surface area contributed by atoms with E-state index in [0.29, 0.717) is 0 Å². The van der Waals surface area contributed by atoms with Crippen LogP contribution in [-0.2, 0) is 0 Å². The van der Waals surface area contributed by atoms with E-state index in [2.05, 4.69) is 28.6 Å². The molecule has 0 aromatic carbocycles. The minimum absolute atomic E-state index is 0.856. The zero-order valence-corrected chi connectivity index (χ0v) is 6.98. The summed E-state index contributed by atoms with van der Waals surface area (Å²) in [4.78, 5) is 2.13. The third kappa shape index (κ3) is 3.71. The van der Waals surface area contributed by atoms with Gasteiger partial charge in [0.25, 0.3) is 0 Å². The Kier molecular flexibility index (Phi) is 3.59. The molecular formula is C10H13N. The van der Waals surface area contributed by atoms with Gasteiger partial charge < -0.3 is 0 Å². The Morgan fingerprint density at radius 1 is 0.909 bits per heavy atom. The Balaban J connectivity index is 2.43. The third-order valence-corrected chi connectivity index (χ3v) is 1.55. The van der Waals surface area contributed by atoms with Gasteiger partial charge in [-0.15, -0.1) is 11.8 Å². The van der Waals surface area contributed by atoms with Crippen LogP contribution in [0.5, 0.6) is 0 Å². The van der Waals surface area contributed by atoms with E-state index in [1.54, 1.807) is 0 Å². The fourth-order valence-corrected chi connectivity index (χ4v) is 0.880. The Morgan fingerprint density at radius 2 is 1.45 bits per heavy atom. The molecule has 0 amide bonds. The van der Waals surface area contributed by atoms with Gasteiger partial charge in [0, 0.05) is 12.8 Å². The molecule has 1 nitrogen and oxygen atoms in total. The molecular weight excluding hydrogens is 134 g/mol. The summed E-state index contributed by atoms with van der Waals surface area (Å²) in [6, 6.07) is 0. The van der Waals surface area contributed by atoms with Gasteiger partial charge in [0.05, 0.1) is 13.1 Å². The second kappa shape index (κ2) is 4.83. The van der Waals surface area contributed by atoms with Crippen molar-refractivity contribution in [3.63, 3.8) is 0 Å². The van der Waals surface area contributed by atoms with Gasteiger partial charge in [-0.1, -0.05) is 11.8 Å². The lowest BCUT2D eigenvalue weighted by Gasteiger charge is -2.07. The van der Waals surface area contributed by atoms with Gasteiger partial charge in [0.1, 0.15) is 0 Å². The van der Waals surface area contributed by atoms with Gasteiger partial charge in [0.2, 0.25) is 0 Å². The summed E-state index contributed by atoms with van der Waals surface area (Å²) < 4.78 is 0. The van der Waals surface area contributed by atoms with Crippen LogP contribution < -0.4 is 0 Å². The highest BCUT2D eigenvalue weighted by Gasteiger charge is 1.90. The number of hydrogen-bond donors (Lipinski definition) is 0. The summed E-state index contributed by atoms with van der Waals surface area (Å²) in [7, 11) is 2.05. The molecule has 0 aromatic heterocycles. The van der Waals surface area contributed by atoms with Gasteiger partial charge in [-0.05, 0) is 13.5 Å². The Hall–Kier alpha value is -0.920. The maximum atomic E-state index is 3.13. The van der Waals surface area contributed by atoms with Gasteiger partial charge in [0.15, 0.2) is 0 Å². The van der Waals surface area contributed by atoms with Crippen molar-refractivity contribution in [1.82, 2.24) is 4.90 Å². The molecule has 0 saturated carbocycles. The predicted octanol–water partition coefficient (Wildman–Crippen LogP) is 1.11. The van der Waals surface area contributed by atoms with Crippen LogP contribution in [0.2, 0.25) is 0 Å². The first-order chi connectivity index (χ1) is 5.39. The van der Waals surface area contributed by atoms with Crippen LogP contribution in [0.4, 0.5) is 0 Å². The van der Waals surface area contributed by atoms with E-state index in [1.807, 2.05) is 7.05 Å². The summed E-state index contributed by atoms with van der Waals surface area (Å²) in [5.41, 5.74) is 0. The van der Waals surface area contributed by atoms with Crippen LogP contribution in [0.15, 0.2) is 0 Å². The molecule has 0 radical (unpaired) electrons. The summed E-state index contributed by atoms with van der Waals surface area (Å²) in [6.45, 7) is 1.71. The molecule has 0 unspecified atom stereocenters. The van der Waals surface area contributed by atoms with Crippen LogP contribution in [0.25, 0.3) is 0 Å². The van der Waals surface area contributed by atoms with Gasteiger partial charge >= 0.3 is 0 Å². The molecule has 0 aromatic rings. The molecule has 58 valence electrons. The molecule has 1 aliphatic heterocycles. The van der Waals surface area contributed by atoms with Gasteiger partial charge in [-0.25, -0.2) is 0 Å². The normalized spacial score (nSPS) is 19.0. The SMILES string of the molecule is CN1CC#CCCCC#CC1. The lowest BCUT2D eigenvalue weighted by molar-refractivity contribution is 0.425. The van der Waals surface area contributed by atoms with Crippen molar-refractivity contribution >= 4 is 0 Å². The molecule has 0 bridgehead atoms. The lowest BCUT2D eigenvalue weighted by atomic mass is 10.2. The second-order valence-corrected chi connectivity index (χ2v) is 2.73. The van der Waals surface area contributed by atoms with Crippen molar-refractivity contribution in [2.24, 2.45) is 0 Å². The van der Waals surface area contributed by atoms with Crippen molar-refractivity contribution in [2.45, 2.75) is 19.3 Å². The fraction of sp³-hybridized carbons (Fsp3) is 0.600. The van der Waals surface area contributed by atoms with E-state index in [9.17, 15) is 0 Å². The minimum atomic E-state index is 0.856. The lowest BCUT2D eigenvalue weighted by Crippen LogP contribution is -2.18. The van der Waals surface area contributed by atoms with Crippen molar-refractivity contribution in [3.8, 4) is 23.7 Å². The molecule has 0 saturated heterocycles. The predicted molar refractivity (Wildman–Crippen MR) is 46.9 cm³/mol. The van der Waals surface area contributed by atoms with Crippen LogP contribution >= 0.6 is 0 Å². The van der Waals surface area contributed by atoms with Crippen LogP contribution in [0, 0.1) is 23.7 Å². The van der Waals surface area contributed by atoms with Crippen LogP contribution in [0.3, 0.4) is 0 Å². The van der Waals surface area contributed by atoms with Crippen molar-refractivity contribution in [1.29, 1.82) is 0 Å². The quantitative estimate of drug-likeness (QED) is 0.464. The molecule has 0 aliphatic carbocycles. The van der Waals surface area contributed by atoms with Gasteiger partial charge in [-0.2, -0.15) is 0 Å². The molecule has 1 heterocycles.